The molecule has 34 heavy (non-hydrogen) atoms. The Balaban J connectivity index is 1.75. The van der Waals surface area contributed by atoms with Gasteiger partial charge in [0.15, 0.2) is 0 Å². The van der Waals surface area contributed by atoms with Crippen molar-refractivity contribution in [3.8, 4) is 11.8 Å². The van der Waals surface area contributed by atoms with E-state index in [1.54, 1.807) is 18.2 Å². The first-order valence-electron chi connectivity index (χ1n) is 9.57. The predicted molar refractivity (Wildman–Crippen MR) is 126 cm³/mol. The van der Waals surface area contributed by atoms with Crippen LogP contribution in [-0.4, -0.2) is 19.2 Å². The van der Waals surface area contributed by atoms with Crippen molar-refractivity contribution in [3.05, 3.63) is 98.6 Å². The lowest BCUT2D eigenvalue weighted by atomic mass is 10.1. The molecule has 0 heterocycles. The third-order valence-corrected chi connectivity index (χ3v) is 6.05. The molecule has 0 aliphatic carbocycles. The van der Waals surface area contributed by atoms with E-state index in [2.05, 4.69) is 5.32 Å². The van der Waals surface area contributed by atoms with Crippen LogP contribution in [0.5, 0.6) is 5.75 Å². The van der Waals surface area contributed by atoms with E-state index in [-0.39, 0.29) is 26.9 Å². The quantitative estimate of drug-likeness (QED) is 0.161. The number of nitriles is 1. The number of hydrogen-bond donors (Lipinski definition) is 1. The van der Waals surface area contributed by atoms with Gasteiger partial charge in [-0.05, 0) is 55.0 Å². The van der Waals surface area contributed by atoms with Gasteiger partial charge < -0.3 is 9.50 Å². The Bertz CT molecular complexity index is 1430. The van der Waals surface area contributed by atoms with Crippen molar-refractivity contribution in [1.82, 2.24) is 0 Å². The van der Waals surface area contributed by atoms with Crippen molar-refractivity contribution in [2.24, 2.45) is 0 Å². The molecule has 172 valence electrons. The van der Waals surface area contributed by atoms with Gasteiger partial charge in [-0.1, -0.05) is 41.4 Å². The summed E-state index contributed by atoms with van der Waals surface area (Å²) >= 11 is 5.75. The molecule has 0 bridgehead atoms. The second-order valence-corrected chi connectivity index (χ2v) is 8.92. The van der Waals surface area contributed by atoms with E-state index in [0.29, 0.717) is 5.56 Å². The summed E-state index contributed by atoms with van der Waals surface area (Å²) in [6.45, 7) is 1.83. The van der Waals surface area contributed by atoms with Crippen molar-refractivity contribution in [2.75, 3.05) is 5.32 Å². The lowest BCUT2D eigenvalue weighted by molar-refractivity contribution is -0.384. The molecule has 0 spiro atoms. The number of aryl methyl sites for hydroxylation is 1. The van der Waals surface area contributed by atoms with E-state index >= 15 is 0 Å². The van der Waals surface area contributed by atoms with Crippen molar-refractivity contribution < 1.29 is 22.3 Å². The Morgan fingerprint density at radius 2 is 1.76 bits per heavy atom. The molecular formula is C23H16ClN3O6S. The van der Waals surface area contributed by atoms with Crippen LogP contribution in [0.1, 0.15) is 11.1 Å². The number of benzene rings is 3. The smallest absolute Gasteiger partial charge is 0.339 e. The summed E-state index contributed by atoms with van der Waals surface area (Å²) in [5.41, 5.74) is 0.750. The molecule has 9 nitrogen and oxygen atoms in total. The van der Waals surface area contributed by atoms with Gasteiger partial charge in [-0.2, -0.15) is 13.7 Å². The van der Waals surface area contributed by atoms with E-state index in [9.17, 15) is 28.6 Å². The maximum Gasteiger partial charge on any atom is 0.339 e. The van der Waals surface area contributed by atoms with E-state index < -0.39 is 26.6 Å². The first-order chi connectivity index (χ1) is 16.1. The summed E-state index contributed by atoms with van der Waals surface area (Å²) in [7, 11) is -4.02. The Hall–Kier alpha value is -4.20. The minimum absolute atomic E-state index is 0.00736. The summed E-state index contributed by atoms with van der Waals surface area (Å²) < 4.78 is 29.9. The van der Waals surface area contributed by atoms with Gasteiger partial charge in [0.2, 0.25) is 0 Å². The van der Waals surface area contributed by atoms with Gasteiger partial charge in [0.1, 0.15) is 27.3 Å². The number of nitro benzene ring substituents is 1. The fourth-order valence-electron chi connectivity index (χ4n) is 2.74. The van der Waals surface area contributed by atoms with Gasteiger partial charge in [0.05, 0.1) is 4.92 Å². The van der Waals surface area contributed by atoms with Crippen molar-refractivity contribution in [1.29, 1.82) is 5.26 Å². The van der Waals surface area contributed by atoms with Gasteiger partial charge in [-0.25, -0.2) is 0 Å². The van der Waals surface area contributed by atoms with Crippen molar-refractivity contribution in [2.45, 2.75) is 11.8 Å². The number of halogens is 1. The van der Waals surface area contributed by atoms with Crippen LogP contribution in [0.4, 0.5) is 11.4 Å². The molecule has 0 aliphatic heterocycles. The van der Waals surface area contributed by atoms with Crippen LogP contribution in [0.25, 0.3) is 6.08 Å². The van der Waals surface area contributed by atoms with E-state index in [1.807, 2.05) is 6.92 Å². The maximum atomic E-state index is 12.4. The molecule has 0 saturated carbocycles. The van der Waals surface area contributed by atoms with Crippen molar-refractivity contribution in [3.63, 3.8) is 0 Å². The van der Waals surface area contributed by atoms with Crippen LogP contribution >= 0.6 is 11.6 Å². The molecule has 1 N–H and O–H groups in total. The molecule has 11 heteroatoms. The Kier molecular flexibility index (Phi) is 7.31. The van der Waals surface area contributed by atoms with Gasteiger partial charge in [0, 0.05) is 11.8 Å². The number of rotatable bonds is 7. The first-order valence-corrected chi connectivity index (χ1v) is 11.4. The molecular weight excluding hydrogens is 482 g/mol. The van der Waals surface area contributed by atoms with Crippen LogP contribution in [0.2, 0.25) is 5.02 Å². The number of hydrogen-bond acceptors (Lipinski definition) is 7. The maximum absolute atomic E-state index is 12.4. The number of carbonyl (C=O) groups excluding carboxylic acids is 1. The number of amides is 1. The van der Waals surface area contributed by atoms with Crippen LogP contribution < -0.4 is 9.50 Å². The fourth-order valence-corrected chi connectivity index (χ4v) is 3.86. The Labute approximate surface area is 200 Å². The molecule has 0 atom stereocenters. The van der Waals surface area contributed by atoms with Crippen LogP contribution in [0.3, 0.4) is 0 Å². The second kappa shape index (κ2) is 10.2. The highest BCUT2D eigenvalue weighted by Gasteiger charge is 2.17. The fraction of sp³-hybridized carbons (Fsp3) is 0.0435. The highest BCUT2D eigenvalue weighted by Crippen LogP contribution is 2.27. The lowest BCUT2D eigenvalue weighted by Gasteiger charge is -2.08. The SMILES string of the molecule is Cc1ccc(S(=O)(=O)Oc2ccc(/C=C(\C#N)C(=O)Nc3ccc(Cl)c([N+](=O)[O-])c3)cc2)cc1. The summed E-state index contributed by atoms with van der Waals surface area (Å²) in [6, 6.07) is 17.4. The molecule has 3 rings (SSSR count). The molecule has 0 aromatic heterocycles. The van der Waals surface area contributed by atoms with E-state index in [4.69, 9.17) is 15.8 Å². The molecule has 3 aromatic carbocycles. The van der Waals surface area contributed by atoms with Gasteiger partial charge >= 0.3 is 10.1 Å². The standard InChI is InChI=1S/C23H16ClN3O6S/c1-15-2-9-20(10-3-15)34(31,32)33-19-7-4-16(5-8-19)12-17(14-25)23(28)26-18-6-11-21(24)22(13-18)27(29)30/h2-13H,1H3,(H,26,28)/b17-12+. The third kappa shape index (κ3) is 5.98. The topological polar surface area (TPSA) is 139 Å². The monoisotopic (exact) mass is 497 g/mol. The average molecular weight is 498 g/mol. The zero-order valence-electron chi connectivity index (χ0n) is 17.6. The summed E-state index contributed by atoms with van der Waals surface area (Å²) in [5, 5.41) is 22.7. The molecule has 0 fully saturated rings. The molecule has 0 aliphatic rings. The zero-order chi connectivity index (χ0) is 24.9. The molecule has 0 saturated heterocycles. The molecule has 0 unspecified atom stereocenters. The molecule has 0 radical (unpaired) electrons. The second-order valence-electron chi connectivity index (χ2n) is 6.97. The predicted octanol–water partition coefficient (Wildman–Crippen LogP) is 4.87. The van der Waals surface area contributed by atoms with Crippen LogP contribution in [0, 0.1) is 28.4 Å². The number of nitro groups is 1. The van der Waals surface area contributed by atoms with Crippen LogP contribution in [-0.2, 0) is 14.9 Å². The highest BCUT2D eigenvalue weighted by atomic mass is 35.5. The highest BCUT2D eigenvalue weighted by molar-refractivity contribution is 7.87. The van der Waals surface area contributed by atoms with Gasteiger partial charge in [-0.15, -0.1) is 0 Å². The molecule has 1 amide bonds. The number of nitrogens with one attached hydrogen (secondary N) is 1. The Morgan fingerprint density at radius 3 is 2.35 bits per heavy atom. The largest absolute Gasteiger partial charge is 0.379 e. The third-order valence-electron chi connectivity index (χ3n) is 4.47. The summed E-state index contributed by atoms with van der Waals surface area (Å²) in [4.78, 5) is 22.8. The lowest BCUT2D eigenvalue weighted by Crippen LogP contribution is -2.13. The van der Waals surface area contributed by atoms with E-state index in [0.717, 1.165) is 11.6 Å². The normalized spacial score (nSPS) is 11.4. The number of nitrogens with zero attached hydrogens (tertiary/aromatic N) is 2. The Morgan fingerprint density at radius 1 is 1.12 bits per heavy atom. The molecule has 3 aromatic rings. The summed E-state index contributed by atoms with van der Waals surface area (Å²) in [5.74, 6) is -0.740. The minimum atomic E-state index is -4.02. The van der Waals surface area contributed by atoms with Crippen molar-refractivity contribution >= 4 is 45.1 Å². The van der Waals surface area contributed by atoms with E-state index in [1.165, 1.54) is 54.6 Å². The minimum Gasteiger partial charge on any atom is -0.379 e. The first kappa shape index (κ1) is 24.4. The van der Waals surface area contributed by atoms with Gasteiger partial charge in [0.25, 0.3) is 11.6 Å². The van der Waals surface area contributed by atoms with Crippen LogP contribution in [0.15, 0.2) is 77.2 Å². The summed E-state index contributed by atoms with van der Waals surface area (Å²) in [6.07, 6.45) is 1.28. The van der Waals surface area contributed by atoms with Gasteiger partial charge in [-0.3, -0.25) is 14.9 Å². The zero-order valence-corrected chi connectivity index (χ0v) is 19.1. The number of anilines is 1. The number of carbonyl (C=O) groups is 1. The average Bonchev–Trinajstić information content (AvgIpc) is 2.79.